The van der Waals surface area contributed by atoms with Gasteiger partial charge in [-0.2, -0.15) is 0 Å². The molecule has 2 aromatic carbocycles. The molecule has 0 fully saturated rings. The first-order valence-electron chi connectivity index (χ1n) is 6.96. The number of hydrogen-bond donors (Lipinski definition) is 0. The molecule has 106 valence electrons. The van der Waals surface area contributed by atoms with Gasteiger partial charge in [-0.25, -0.2) is 0 Å². The maximum absolute atomic E-state index is 10.8. The van der Waals surface area contributed by atoms with Gasteiger partial charge < -0.3 is 4.57 Å². The van der Waals surface area contributed by atoms with Gasteiger partial charge in [-0.3, -0.25) is 10.1 Å². The average Bonchev–Trinajstić information content (AvgIpc) is 2.80. The van der Waals surface area contributed by atoms with Crippen LogP contribution in [0.1, 0.15) is 12.5 Å². The van der Waals surface area contributed by atoms with E-state index in [-0.39, 0.29) is 10.6 Å². The van der Waals surface area contributed by atoms with Crippen molar-refractivity contribution >= 4 is 16.6 Å². The number of para-hydroxylation sites is 1. The van der Waals surface area contributed by atoms with Gasteiger partial charge in [0.1, 0.15) is 0 Å². The molecule has 0 saturated carbocycles. The highest BCUT2D eigenvalue weighted by Gasteiger charge is 2.15. The predicted molar refractivity (Wildman–Crippen MR) is 84.4 cm³/mol. The Labute approximate surface area is 122 Å². The normalized spacial score (nSPS) is 11.0. The number of nitrogens with zero attached hydrogens (tertiary/aromatic N) is 2. The minimum Gasteiger partial charge on any atom is -0.341 e. The molecule has 0 aliphatic carbocycles. The quantitative estimate of drug-likeness (QED) is 0.522. The van der Waals surface area contributed by atoms with Crippen molar-refractivity contribution in [3.05, 3.63) is 64.2 Å². The molecule has 1 heterocycles. The molecule has 21 heavy (non-hydrogen) atoms. The van der Waals surface area contributed by atoms with Crippen LogP contribution < -0.4 is 0 Å². The second-order valence-electron chi connectivity index (χ2n) is 5.04. The molecule has 0 aliphatic rings. The van der Waals surface area contributed by atoms with Crippen LogP contribution in [0.3, 0.4) is 0 Å². The highest BCUT2D eigenvalue weighted by Crippen LogP contribution is 2.33. The van der Waals surface area contributed by atoms with Gasteiger partial charge in [0.25, 0.3) is 5.69 Å². The maximum Gasteiger partial charge on any atom is 0.269 e. The van der Waals surface area contributed by atoms with Crippen LogP contribution >= 0.6 is 0 Å². The number of aromatic nitrogens is 1. The summed E-state index contributed by atoms with van der Waals surface area (Å²) in [5.74, 6) is 0. The van der Waals surface area contributed by atoms with E-state index < -0.39 is 0 Å². The Kier molecular flexibility index (Phi) is 3.22. The van der Waals surface area contributed by atoms with Crippen LogP contribution in [0.15, 0.2) is 48.5 Å². The number of hydrogen-bond acceptors (Lipinski definition) is 2. The Balaban J connectivity index is 2.24. The second kappa shape index (κ2) is 5.05. The molecule has 0 amide bonds. The molecular formula is C17H16N2O2. The Bertz CT molecular complexity index is 817. The van der Waals surface area contributed by atoms with Gasteiger partial charge in [-0.05, 0) is 43.2 Å². The standard InChI is InChI=1S/C17H16N2O2/c1-3-18-16-7-5-4-6-15(16)12(2)17(18)13-8-10-14(11-9-13)19(20)21/h4-11H,3H2,1-2H3. The van der Waals surface area contributed by atoms with Gasteiger partial charge in [0.05, 0.1) is 10.6 Å². The molecule has 0 aliphatic heterocycles. The summed E-state index contributed by atoms with van der Waals surface area (Å²) in [5.41, 5.74) is 4.67. The van der Waals surface area contributed by atoms with Gasteiger partial charge in [0.2, 0.25) is 0 Å². The number of nitro groups is 1. The van der Waals surface area contributed by atoms with Crippen LogP contribution in [-0.4, -0.2) is 9.49 Å². The minimum absolute atomic E-state index is 0.121. The van der Waals surface area contributed by atoms with Crippen LogP contribution in [-0.2, 0) is 6.54 Å². The Morgan fingerprint density at radius 2 is 1.76 bits per heavy atom. The molecule has 0 spiro atoms. The van der Waals surface area contributed by atoms with Crippen molar-refractivity contribution in [1.82, 2.24) is 4.57 Å². The van der Waals surface area contributed by atoms with Crippen LogP contribution in [0.25, 0.3) is 22.2 Å². The van der Waals surface area contributed by atoms with E-state index in [0.717, 1.165) is 17.8 Å². The zero-order chi connectivity index (χ0) is 15.0. The molecule has 4 nitrogen and oxygen atoms in total. The lowest BCUT2D eigenvalue weighted by molar-refractivity contribution is -0.384. The Hall–Kier alpha value is -2.62. The molecule has 0 unspecified atom stereocenters. The van der Waals surface area contributed by atoms with E-state index in [2.05, 4.69) is 30.5 Å². The van der Waals surface area contributed by atoms with Crippen molar-refractivity contribution in [2.45, 2.75) is 20.4 Å². The number of non-ortho nitro benzene ring substituents is 1. The highest BCUT2D eigenvalue weighted by molar-refractivity contribution is 5.91. The number of nitro benzene ring substituents is 1. The molecule has 3 aromatic rings. The molecule has 4 heteroatoms. The lowest BCUT2D eigenvalue weighted by Gasteiger charge is -2.09. The van der Waals surface area contributed by atoms with E-state index in [1.807, 2.05) is 24.3 Å². The molecule has 0 N–H and O–H groups in total. The van der Waals surface area contributed by atoms with Crippen LogP contribution in [0.2, 0.25) is 0 Å². The Morgan fingerprint density at radius 3 is 2.38 bits per heavy atom. The third-order valence-corrected chi connectivity index (χ3v) is 3.89. The molecule has 3 rings (SSSR count). The predicted octanol–water partition coefficient (Wildman–Crippen LogP) is 4.54. The highest BCUT2D eigenvalue weighted by atomic mass is 16.6. The molecule has 0 bridgehead atoms. The number of aryl methyl sites for hydroxylation is 2. The molecular weight excluding hydrogens is 264 g/mol. The average molecular weight is 280 g/mol. The van der Waals surface area contributed by atoms with E-state index in [4.69, 9.17) is 0 Å². The van der Waals surface area contributed by atoms with Gasteiger partial charge in [0.15, 0.2) is 0 Å². The van der Waals surface area contributed by atoms with E-state index >= 15 is 0 Å². The lowest BCUT2D eigenvalue weighted by Crippen LogP contribution is -1.97. The third kappa shape index (κ3) is 2.09. The lowest BCUT2D eigenvalue weighted by atomic mass is 10.1. The van der Waals surface area contributed by atoms with Gasteiger partial charge in [-0.1, -0.05) is 18.2 Å². The first-order valence-corrected chi connectivity index (χ1v) is 6.96. The van der Waals surface area contributed by atoms with E-state index in [0.29, 0.717) is 0 Å². The zero-order valence-electron chi connectivity index (χ0n) is 12.0. The molecule has 1 aromatic heterocycles. The number of fused-ring (bicyclic) bond motifs is 1. The van der Waals surface area contributed by atoms with Gasteiger partial charge in [0, 0.05) is 29.6 Å². The fourth-order valence-electron chi connectivity index (χ4n) is 2.92. The maximum atomic E-state index is 10.8. The summed E-state index contributed by atoms with van der Waals surface area (Å²) in [4.78, 5) is 10.4. The van der Waals surface area contributed by atoms with Crippen molar-refractivity contribution < 1.29 is 4.92 Å². The zero-order valence-corrected chi connectivity index (χ0v) is 12.0. The number of rotatable bonds is 3. The summed E-state index contributed by atoms with van der Waals surface area (Å²) in [6, 6.07) is 15.1. The summed E-state index contributed by atoms with van der Waals surface area (Å²) < 4.78 is 2.26. The van der Waals surface area contributed by atoms with Crippen molar-refractivity contribution in [3.8, 4) is 11.3 Å². The molecule has 0 saturated heterocycles. The third-order valence-electron chi connectivity index (χ3n) is 3.89. The summed E-state index contributed by atoms with van der Waals surface area (Å²) in [6.07, 6.45) is 0. The number of benzene rings is 2. The van der Waals surface area contributed by atoms with Crippen molar-refractivity contribution in [2.75, 3.05) is 0 Å². The first kappa shape index (κ1) is 13.4. The molecule has 0 atom stereocenters. The van der Waals surface area contributed by atoms with E-state index in [1.54, 1.807) is 12.1 Å². The largest absolute Gasteiger partial charge is 0.341 e. The van der Waals surface area contributed by atoms with Gasteiger partial charge >= 0.3 is 0 Å². The summed E-state index contributed by atoms with van der Waals surface area (Å²) in [6.45, 7) is 5.08. The van der Waals surface area contributed by atoms with Crippen LogP contribution in [0.5, 0.6) is 0 Å². The monoisotopic (exact) mass is 280 g/mol. The van der Waals surface area contributed by atoms with Crippen LogP contribution in [0, 0.1) is 17.0 Å². The summed E-state index contributed by atoms with van der Waals surface area (Å²) >= 11 is 0. The molecule has 0 radical (unpaired) electrons. The van der Waals surface area contributed by atoms with Crippen molar-refractivity contribution in [2.24, 2.45) is 0 Å². The SMILES string of the molecule is CCn1c(-c2ccc([N+](=O)[O-])cc2)c(C)c2ccccc21. The van der Waals surface area contributed by atoms with Crippen molar-refractivity contribution in [3.63, 3.8) is 0 Å². The second-order valence-corrected chi connectivity index (χ2v) is 5.04. The van der Waals surface area contributed by atoms with Crippen LogP contribution in [0.4, 0.5) is 5.69 Å². The summed E-state index contributed by atoms with van der Waals surface area (Å²) in [5, 5.41) is 12.0. The van der Waals surface area contributed by atoms with E-state index in [9.17, 15) is 10.1 Å². The smallest absolute Gasteiger partial charge is 0.269 e. The summed E-state index contributed by atoms with van der Waals surface area (Å²) in [7, 11) is 0. The fourth-order valence-corrected chi connectivity index (χ4v) is 2.92. The van der Waals surface area contributed by atoms with Gasteiger partial charge in [-0.15, -0.1) is 0 Å². The van der Waals surface area contributed by atoms with Crippen molar-refractivity contribution in [1.29, 1.82) is 0 Å². The first-order chi connectivity index (χ1) is 10.1. The fraction of sp³-hybridized carbons (Fsp3) is 0.176. The van der Waals surface area contributed by atoms with E-state index in [1.165, 1.54) is 16.5 Å². The minimum atomic E-state index is -0.369. The topological polar surface area (TPSA) is 48.1 Å². The Morgan fingerprint density at radius 1 is 1.10 bits per heavy atom.